The highest BCUT2D eigenvalue weighted by molar-refractivity contribution is 5.45. The summed E-state index contributed by atoms with van der Waals surface area (Å²) in [6.45, 7) is 7.48. The van der Waals surface area contributed by atoms with Crippen LogP contribution in [0.2, 0.25) is 0 Å². The number of rotatable bonds is 2. The maximum atomic E-state index is 10.0. The normalized spacial score (nSPS) is 35.3. The lowest BCUT2D eigenvalue weighted by Crippen LogP contribution is -2.62. The van der Waals surface area contributed by atoms with Gasteiger partial charge in [0.2, 0.25) is 0 Å². The van der Waals surface area contributed by atoms with Gasteiger partial charge in [0.25, 0.3) is 0 Å². The van der Waals surface area contributed by atoms with Gasteiger partial charge in [-0.25, -0.2) is 0 Å². The first-order valence-corrected chi connectivity index (χ1v) is 8.86. The Labute approximate surface area is 133 Å². The predicted octanol–water partition coefficient (Wildman–Crippen LogP) is 4.03. The van der Waals surface area contributed by atoms with E-state index in [0.717, 1.165) is 12.3 Å². The zero-order valence-electron chi connectivity index (χ0n) is 13.6. The summed E-state index contributed by atoms with van der Waals surface area (Å²) in [5.41, 5.74) is 3.27. The highest BCUT2D eigenvalue weighted by Gasteiger charge is 2.54. The summed E-state index contributed by atoms with van der Waals surface area (Å²) in [5.74, 6) is 1.20. The molecule has 0 amide bonds. The van der Waals surface area contributed by atoms with Crippen molar-refractivity contribution >= 4 is 0 Å². The minimum absolute atomic E-state index is 0.326. The zero-order valence-corrected chi connectivity index (χ0v) is 13.6. The van der Waals surface area contributed by atoms with Crippen molar-refractivity contribution < 1.29 is 5.11 Å². The number of likely N-dealkylation sites (tertiary alicyclic amines) is 1. The highest BCUT2D eigenvalue weighted by Crippen LogP contribution is 2.56. The van der Waals surface area contributed by atoms with E-state index in [4.69, 9.17) is 0 Å². The Morgan fingerprint density at radius 3 is 3.05 bits per heavy atom. The maximum absolute atomic E-state index is 10.0. The lowest BCUT2D eigenvalue weighted by molar-refractivity contribution is -0.0213. The summed E-state index contributed by atoms with van der Waals surface area (Å²) in [4.78, 5) is 2.69. The molecule has 0 spiro atoms. The fourth-order valence-electron chi connectivity index (χ4n) is 5.66. The molecule has 118 valence electrons. The van der Waals surface area contributed by atoms with Crippen LogP contribution in [0.1, 0.15) is 50.2 Å². The average Bonchev–Trinajstić information content (AvgIpc) is 2.55. The van der Waals surface area contributed by atoms with E-state index < -0.39 is 0 Å². The summed E-state index contributed by atoms with van der Waals surface area (Å²) in [7, 11) is 0. The fraction of sp³-hybridized carbons (Fsp3) is 0.600. The Bertz CT molecular complexity index is 595. The molecule has 1 heterocycles. The average molecular weight is 297 g/mol. The van der Waals surface area contributed by atoms with E-state index in [9.17, 15) is 5.11 Å². The van der Waals surface area contributed by atoms with Gasteiger partial charge in [0, 0.05) is 17.5 Å². The molecule has 2 bridgehead atoms. The molecule has 4 rings (SSSR count). The van der Waals surface area contributed by atoms with Crippen LogP contribution >= 0.6 is 0 Å². The molecule has 3 aliphatic rings. The number of nitrogens with zero attached hydrogens (tertiary/aromatic N) is 1. The minimum Gasteiger partial charge on any atom is -0.508 e. The molecule has 2 nitrogen and oxygen atoms in total. The fourth-order valence-corrected chi connectivity index (χ4v) is 5.66. The van der Waals surface area contributed by atoms with Crippen molar-refractivity contribution in [3.05, 3.63) is 42.0 Å². The molecule has 0 aromatic heterocycles. The molecule has 0 radical (unpaired) electrons. The van der Waals surface area contributed by atoms with Gasteiger partial charge in [-0.1, -0.05) is 25.0 Å². The van der Waals surface area contributed by atoms with Crippen molar-refractivity contribution in [3.8, 4) is 5.75 Å². The molecule has 1 saturated carbocycles. The number of piperidine rings is 1. The van der Waals surface area contributed by atoms with Crippen LogP contribution in [0.4, 0.5) is 0 Å². The first kappa shape index (κ1) is 14.3. The smallest absolute Gasteiger partial charge is 0.115 e. The summed E-state index contributed by atoms with van der Waals surface area (Å²) in [6, 6.07) is 7.24. The van der Waals surface area contributed by atoms with E-state index in [1.165, 1.54) is 49.8 Å². The Morgan fingerprint density at radius 1 is 1.36 bits per heavy atom. The third kappa shape index (κ3) is 1.89. The molecule has 2 unspecified atom stereocenters. The van der Waals surface area contributed by atoms with Crippen molar-refractivity contribution in [1.82, 2.24) is 4.90 Å². The van der Waals surface area contributed by atoms with Gasteiger partial charge in [0.1, 0.15) is 5.75 Å². The SMILES string of the molecule is C=C[C@@H](C)N1CC[C@]23CCCCC2C1Cc1ccc(O)cc13. The van der Waals surface area contributed by atoms with Crippen LogP contribution in [0.25, 0.3) is 0 Å². The number of hydrogen-bond acceptors (Lipinski definition) is 2. The molecule has 1 saturated heterocycles. The number of aromatic hydroxyl groups is 1. The number of phenolic OH excluding ortho intramolecular Hbond substituents is 1. The summed E-state index contributed by atoms with van der Waals surface area (Å²) in [5, 5.41) is 10.0. The van der Waals surface area contributed by atoms with E-state index in [2.05, 4.69) is 36.6 Å². The van der Waals surface area contributed by atoms with Gasteiger partial charge >= 0.3 is 0 Å². The van der Waals surface area contributed by atoms with Crippen LogP contribution in [0.15, 0.2) is 30.9 Å². The van der Waals surface area contributed by atoms with Gasteiger partial charge in [0.05, 0.1) is 0 Å². The van der Waals surface area contributed by atoms with E-state index in [1.807, 2.05) is 6.07 Å². The highest BCUT2D eigenvalue weighted by atomic mass is 16.3. The summed E-state index contributed by atoms with van der Waals surface area (Å²) >= 11 is 0. The van der Waals surface area contributed by atoms with Crippen LogP contribution in [0, 0.1) is 5.92 Å². The second-order valence-corrected chi connectivity index (χ2v) is 7.59. The van der Waals surface area contributed by atoms with E-state index in [1.54, 1.807) is 0 Å². The molecule has 1 aromatic rings. The van der Waals surface area contributed by atoms with Crippen LogP contribution in [0.3, 0.4) is 0 Å². The molecule has 4 atom stereocenters. The minimum atomic E-state index is 0.326. The Morgan fingerprint density at radius 2 is 2.23 bits per heavy atom. The van der Waals surface area contributed by atoms with E-state index in [0.29, 0.717) is 23.2 Å². The van der Waals surface area contributed by atoms with Crippen LogP contribution in [-0.4, -0.2) is 28.6 Å². The molecule has 22 heavy (non-hydrogen) atoms. The van der Waals surface area contributed by atoms with Crippen molar-refractivity contribution in [2.45, 2.75) is 62.9 Å². The van der Waals surface area contributed by atoms with Gasteiger partial charge in [-0.15, -0.1) is 6.58 Å². The molecular weight excluding hydrogens is 270 g/mol. The quantitative estimate of drug-likeness (QED) is 0.833. The lowest BCUT2D eigenvalue weighted by atomic mass is 9.52. The largest absolute Gasteiger partial charge is 0.508 e. The van der Waals surface area contributed by atoms with Crippen molar-refractivity contribution in [2.75, 3.05) is 6.54 Å². The molecular formula is C20H27NO. The molecule has 2 aliphatic carbocycles. The van der Waals surface area contributed by atoms with Gasteiger partial charge in [0.15, 0.2) is 0 Å². The molecule has 2 heteroatoms. The van der Waals surface area contributed by atoms with Crippen LogP contribution in [0.5, 0.6) is 5.75 Å². The van der Waals surface area contributed by atoms with Crippen molar-refractivity contribution in [1.29, 1.82) is 0 Å². The Hall–Kier alpha value is -1.28. The van der Waals surface area contributed by atoms with Gasteiger partial charge in [-0.3, -0.25) is 4.90 Å². The van der Waals surface area contributed by atoms with Crippen LogP contribution in [-0.2, 0) is 11.8 Å². The van der Waals surface area contributed by atoms with Gasteiger partial charge in [-0.05, 0) is 68.3 Å². The first-order valence-electron chi connectivity index (χ1n) is 8.86. The first-order chi connectivity index (χ1) is 10.7. The lowest BCUT2D eigenvalue weighted by Gasteiger charge is -2.60. The predicted molar refractivity (Wildman–Crippen MR) is 90.2 cm³/mol. The van der Waals surface area contributed by atoms with Crippen molar-refractivity contribution in [3.63, 3.8) is 0 Å². The van der Waals surface area contributed by atoms with Gasteiger partial charge in [-0.2, -0.15) is 0 Å². The third-order valence-corrected chi connectivity index (χ3v) is 6.73. The Balaban J connectivity index is 1.83. The monoisotopic (exact) mass is 297 g/mol. The van der Waals surface area contributed by atoms with Crippen molar-refractivity contribution in [2.24, 2.45) is 5.92 Å². The number of benzene rings is 1. The Kier molecular flexibility index (Phi) is 3.34. The summed E-state index contributed by atoms with van der Waals surface area (Å²) in [6.07, 6.45) is 9.84. The second-order valence-electron chi connectivity index (χ2n) is 7.59. The number of phenols is 1. The molecule has 2 fully saturated rings. The number of fused-ring (bicyclic) bond motifs is 1. The maximum Gasteiger partial charge on any atom is 0.115 e. The standard InChI is InChI=1S/C20H27NO/c1-3-14(2)21-11-10-20-9-5-4-6-17(20)19(21)12-15-7-8-16(22)13-18(15)20/h3,7-8,13-14,17,19,22H,1,4-6,9-12H2,2H3/t14-,17?,19?,20-/m1/s1. The third-order valence-electron chi connectivity index (χ3n) is 6.73. The van der Waals surface area contributed by atoms with E-state index >= 15 is 0 Å². The van der Waals surface area contributed by atoms with Crippen LogP contribution < -0.4 is 0 Å². The molecule has 1 aliphatic heterocycles. The topological polar surface area (TPSA) is 23.5 Å². The molecule has 1 aromatic carbocycles. The zero-order chi connectivity index (χ0) is 15.3. The van der Waals surface area contributed by atoms with E-state index in [-0.39, 0.29) is 0 Å². The molecule has 1 N–H and O–H groups in total. The van der Waals surface area contributed by atoms with Gasteiger partial charge < -0.3 is 5.11 Å². The number of hydrogen-bond donors (Lipinski definition) is 1. The summed E-state index contributed by atoms with van der Waals surface area (Å²) < 4.78 is 0. The second kappa shape index (κ2) is 5.13.